The molecule has 14 N–H and O–H groups in total. The number of hydrogen-bond acceptors (Lipinski definition) is 20. The molecular weight excluding hydrogens is 2250 g/mol. The summed E-state index contributed by atoms with van der Waals surface area (Å²) in [5.74, 6) is 3.23. The largest absolute Gasteiger partial charge is 0.378 e. The summed E-state index contributed by atoms with van der Waals surface area (Å²) in [5.41, 5.74) is 53.2. The third-order valence-electron chi connectivity index (χ3n) is 19.2. The minimum Gasteiger partial charge on any atom is -0.378 e. The van der Waals surface area contributed by atoms with Gasteiger partial charge in [0.05, 0.1) is 111 Å². The molecule has 0 radical (unpaired) electrons. The molecule has 0 saturated carbocycles. The van der Waals surface area contributed by atoms with Crippen molar-refractivity contribution in [3.8, 4) is 0 Å². The van der Waals surface area contributed by atoms with Gasteiger partial charge in [-0.3, -0.25) is 9.80 Å². The molecule has 42 heteroatoms. The highest BCUT2D eigenvalue weighted by Gasteiger charge is 2.21. The van der Waals surface area contributed by atoms with Gasteiger partial charge in [0.25, 0.3) is 0 Å². The van der Waals surface area contributed by atoms with Crippen LogP contribution in [0.15, 0.2) is 279 Å². The summed E-state index contributed by atoms with van der Waals surface area (Å²) in [6.07, 6.45) is 0. The minimum atomic E-state index is -0.423. The van der Waals surface area contributed by atoms with Crippen molar-refractivity contribution >= 4 is 317 Å². The minimum absolute atomic E-state index is 0.119. The molecule has 0 fully saturated rings. The average Bonchev–Trinajstić information content (AvgIpc) is 0.952. The van der Waals surface area contributed by atoms with E-state index in [1.54, 1.807) is 84.2 Å². The Labute approximate surface area is 899 Å². The lowest BCUT2D eigenvalue weighted by Gasteiger charge is -2.27. The van der Waals surface area contributed by atoms with Crippen LogP contribution >= 0.6 is 242 Å². The van der Waals surface area contributed by atoms with Crippen LogP contribution in [0.1, 0.15) is 66.8 Å². The van der Waals surface area contributed by atoms with E-state index in [1.807, 2.05) is 147 Å². The molecule has 0 saturated heterocycles. The van der Waals surface area contributed by atoms with Crippen molar-refractivity contribution in [3.05, 3.63) is 380 Å². The van der Waals surface area contributed by atoms with Crippen LogP contribution < -0.4 is 45.0 Å². The third kappa shape index (κ3) is 38.1. The smallest absolute Gasteiger partial charge is 0.159 e. The summed E-state index contributed by atoms with van der Waals surface area (Å²) in [5, 5.41) is 15.1. The highest BCUT2D eigenvalue weighted by Crippen LogP contribution is 2.38. The Morgan fingerprint density at radius 2 is 0.558 bits per heavy atom. The number of benzene rings is 12. The molecule has 2 aliphatic heterocycles. The Kier molecular flexibility index (Phi) is 45.6. The van der Waals surface area contributed by atoms with Gasteiger partial charge in [-0.05, 0) is 251 Å². The second-order valence-electron chi connectivity index (χ2n) is 29.8. The van der Waals surface area contributed by atoms with Crippen LogP contribution in [-0.2, 0) is 59.1 Å². The molecule has 0 aromatic heterocycles. The van der Waals surface area contributed by atoms with Gasteiger partial charge in [0.15, 0.2) is 41.3 Å². The lowest BCUT2D eigenvalue weighted by Crippen LogP contribution is -2.41. The number of halogens is 16. The molecule has 0 atom stereocenters. The maximum atomic E-state index is 13.5. The zero-order valence-corrected chi connectivity index (χ0v) is 90.4. The normalized spacial score (nSPS) is 13.4. The van der Waals surface area contributed by atoms with Gasteiger partial charge in [0, 0.05) is 68.1 Å². The molecule has 0 unspecified atom stereocenters. The van der Waals surface area contributed by atoms with Gasteiger partial charge in [-0.15, -0.1) is 0 Å². The van der Waals surface area contributed by atoms with Crippen LogP contribution in [0.5, 0.6) is 0 Å². The fraction of sp³-hybridized carbons (Fsp3) is 0.167. The van der Waals surface area contributed by atoms with E-state index in [2.05, 4.69) is 92.2 Å². The van der Waals surface area contributed by atoms with E-state index < -0.39 is 11.6 Å². The predicted molar refractivity (Wildman–Crippen MR) is 602 cm³/mol. The van der Waals surface area contributed by atoms with E-state index in [0.717, 1.165) is 97.7 Å². The number of hydrogen-bond donors (Lipinski definition) is 8. The Morgan fingerprint density at radius 1 is 0.312 bits per heavy atom. The number of amidine groups is 8. The zero-order valence-electron chi connectivity index (χ0n) is 73.1. The van der Waals surface area contributed by atoms with Crippen LogP contribution in [-0.4, -0.2) is 77.8 Å². The van der Waals surface area contributed by atoms with Crippen molar-refractivity contribution in [2.24, 2.45) is 74.3 Å². The number of rotatable bonds is 26. The molecule has 138 heavy (non-hydrogen) atoms. The molecule has 0 aliphatic carbocycles. The molecule has 2 aliphatic rings. The first kappa shape index (κ1) is 111. The SMILES string of the molecule is Cc1ccc(N=C(N)SCc2cc(Cl)c(Cl)cc2CSC(N)=Nc2ccc(C)cc2)cc1.Fc1ccc(CN2CN=C(SCc3cc(Cl)c(Cl)cc3CSC3=NCN(Cc4ccc(F)c(Cl)c4)CN3)NC2)cc1Cl.NC(=Nc1ccc(F)cc1)SCc1cc(Cl)c(Cl)cc1CSC(N)=Nc1ccc(F)cc1.NC(=Nc1cccc(Br)c1)SCc1cc(Cl)c(Cl)cc1CSC(N)=Nc1cccc(Br)c1. The molecule has 0 spiro atoms. The quantitative estimate of drug-likeness (QED) is 0.0142. The van der Waals surface area contributed by atoms with E-state index in [0.29, 0.717) is 168 Å². The maximum Gasteiger partial charge on any atom is 0.159 e. The molecule has 0 bridgehead atoms. The third-order valence-corrected chi connectivity index (χ3v) is 30.8. The highest BCUT2D eigenvalue weighted by molar-refractivity contribution is 9.10. The average molecular weight is 2340 g/mol. The monoisotopic (exact) mass is 2330 g/mol. The second-order valence-corrected chi connectivity index (χ2v) is 43.6. The fourth-order valence-corrected chi connectivity index (χ4v) is 21.1. The topological polar surface area (TPSA) is 286 Å². The fourth-order valence-electron chi connectivity index (χ4n) is 12.2. The number of aliphatic imine (C=N–C) groups is 8. The lowest BCUT2D eigenvalue weighted by molar-refractivity contribution is 0.258. The summed E-state index contributed by atoms with van der Waals surface area (Å²) < 4.78 is 54.9. The summed E-state index contributed by atoms with van der Waals surface area (Å²) in [7, 11) is 0. The Bertz CT molecular complexity index is 5930. The van der Waals surface area contributed by atoms with Gasteiger partial charge >= 0.3 is 0 Å². The van der Waals surface area contributed by atoms with E-state index >= 15 is 0 Å². The second kappa shape index (κ2) is 56.7. The number of aryl methyl sites for hydroxylation is 2. The zero-order chi connectivity index (χ0) is 98.9. The molecule has 12 aromatic carbocycles. The first-order valence-electron chi connectivity index (χ1n) is 41.1. The van der Waals surface area contributed by atoms with Crippen LogP contribution in [0.3, 0.4) is 0 Å². The van der Waals surface area contributed by atoms with Gasteiger partial charge in [-0.2, -0.15) is 0 Å². The van der Waals surface area contributed by atoms with E-state index in [-0.39, 0.29) is 21.7 Å². The summed E-state index contributed by atoms with van der Waals surface area (Å²) in [4.78, 5) is 39.9. The van der Waals surface area contributed by atoms with Crippen LogP contribution in [0, 0.1) is 37.1 Å². The van der Waals surface area contributed by atoms with Gasteiger partial charge in [-0.25, -0.2) is 57.5 Å². The van der Waals surface area contributed by atoms with Crippen molar-refractivity contribution in [2.45, 2.75) is 73.0 Å². The molecule has 12 aromatic rings. The van der Waals surface area contributed by atoms with Crippen molar-refractivity contribution < 1.29 is 17.6 Å². The Balaban J connectivity index is 0.000000178. The van der Waals surface area contributed by atoms with Crippen LogP contribution in [0.2, 0.25) is 50.2 Å². The van der Waals surface area contributed by atoms with Crippen LogP contribution in [0.25, 0.3) is 0 Å². The van der Waals surface area contributed by atoms with E-state index in [9.17, 15) is 17.6 Å². The van der Waals surface area contributed by atoms with Crippen molar-refractivity contribution in [1.82, 2.24) is 20.4 Å². The van der Waals surface area contributed by atoms with Crippen molar-refractivity contribution in [1.29, 1.82) is 0 Å². The first-order chi connectivity index (χ1) is 66.1. The summed E-state index contributed by atoms with van der Waals surface area (Å²) >= 11 is 80.5. The standard InChI is InChI=1S/C28H26Cl4F2N6S2.C24H24Cl2N4S2.C22H18Br2Cl2N4S2.C22H18Cl2F2N4S2/c29-21-7-19(11-41-27-35-13-39(14-36-27)9-17-1-3-25(33)23(31)5-17)20(8-22(21)30)12-42-28-37-15-40(16-38-28)10-18-2-4-26(34)24(32)6-18;1-15-3-7-19(8-4-15)29-23(27)31-13-17-11-21(25)22(26)12-18(17)14-32-24(28)30-20-9-5-16(2)6-10-20;23-15-3-1-5-17(9-15)29-21(27)31-11-13-7-19(25)20(26)8-14(13)12-32-22(28)30-18-6-2-4-16(24)10-18;23-19-9-13(11-31-21(27)29-17-5-1-15(25)2-6-17)14(10-20(19)24)12-32-22(28)30-18-7-3-16(26)4-8-18/h1-8H,9-16H2,(H,35,36)(H,37,38);3-12H,13-14H2,1-2H3,(H2,27,29)(H2,28,30);2*1-10H,11-12H2,(H2,27,29)(H2,28,30). The summed E-state index contributed by atoms with van der Waals surface area (Å²) in [6.45, 7) is 7.55. The first-order valence-corrected chi connectivity index (χ1v) is 54.4. The van der Waals surface area contributed by atoms with Crippen molar-refractivity contribution in [3.63, 3.8) is 0 Å². The molecule has 0 amide bonds. The molecule has 720 valence electrons. The van der Waals surface area contributed by atoms with Gasteiger partial charge in [0.2, 0.25) is 0 Å². The van der Waals surface area contributed by atoms with Gasteiger partial charge < -0.3 is 45.0 Å². The number of nitrogens with zero attached hydrogens (tertiary/aromatic N) is 10. The lowest BCUT2D eigenvalue weighted by atomic mass is 10.1. The molecular formula is C96H86Br2Cl10F4N18S8. The van der Waals surface area contributed by atoms with Gasteiger partial charge in [0.1, 0.15) is 23.3 Å². The van der Waals surface area contributed by atoms with Crippen molar-refractivity contribution in [2.75, 3.05) is 26.7 Å². The molecule has 18 nitrogen and oxygen atoms in total. The number of nitrogens with one attached hydrogen (secondary N) is 2. The molecule has 2 heterocycles. The van der Waals surface area contributed by atoms with Crippen LogP contribution in [0.4, 0.5) is 51.7 Å². The Morgan fingerprint density at radius 3 is 0.797 bits per heavy atom. The predicted octanol–water partition coefficient (Wildman–Crippen LogP) is 30.5. The van der Waals surface area contributed by atoms with Gasteiger partial charge in [-0.1, -0.05) is 302 Å². The highest BCUT2D eigenvalue weighted by atomic mass is 79.9. The van der Waals surface area contributed by atoms with E-state index in [1.165, 1.54) is 118 Å². The number of nitrogens with two attached hydrogens (primary N) is 6. The summed E-state index contributed by atoms with van der Waals surface area (Å²) in [6, 6.07) is 67.0. The number of thioether (sulfide) groups is 8. The maximum absolute atomic E-state index is 13.5. The molecule has 14 rings (SSSR count). The Hall–Kier alpha value is -7.30. The van der Waals surface area contributed by atoms with E-state index in [4.69, 9.17) is 150 Å².